The summed E-state index contributed by atoms with van der Waals surface area (Å²) in [6.07, 6.45) is 2.70. The highest BCUT2D eigenvalue weighted by atomic mass is 16.2. The smallest absolute Gasteiger partial charge is 0.328 e. The average Bonchev–Trinajstić information content (AvgIpc) is 3.10. The third kappa shape index (κ3) is 3.85. The van der Waals surface area contributed by atoms with E-state index in [-0.39, 0.29) is 30.5 Å². The molecule has 0 unspecified atom stereocenters. The summed E-state index contributed by atoms with van der Waals surface area (Å²) in [6, 6.07) is 14.8. The van der Waals surface area contributed by atoms with E-state index >= 15 is 0 Å². The molecule has 0 aliphatic carbocycles. The zero-order valence-corrected chi connectivity index (χ0v) is 16.1. The van der Waals surface area contributed by atoms with Crippen LogP contribution in [0, 0.1) is 0 Å². The molecule has 148 valence electrons. The highest BCUT2D eigenvalue weighted by molar-refractivity contribution is 5.83. The van der Waals surface area contributed by atoms with E-state index in [1.807, 2.05) is 37.4 Å². The highest BCUT2D eigenvalue weighted by Gasteiger charge is 2.13. The number of para-hydroxylation sites is 2. The monoisotopic (exact) mass is 390 g/mol. The summed E-state index contributed by atoms with van der Waals surface area (Å²) < 4.78 is 1.08. The van der Waals surface area contributed by atoms with E-state index in [9.17, 15) is 14.4 Å². The minimum absolute atomic E-state index is 0.0324. The third-order valence-electron chi connectivity index (χ3n) is 5.06. The van der Waals surface area contributed by atoms with Crippen molar-refractivity contribution in [3.05, 3.63) is 81.1 Å². The molecule has 0 saturated heterocycles. The molecule has 1 atom stereocenters. The molecule has 7 nitrogen and oxygen atoms in total. The van der Waals surface area contributed by atoms with Crippen LogP contribution in [-0.2, 0) is 17.8 Å². The summed E-state index contributed by atoms with van der Waals surface area (Å²) in [7, 11) is 0. The van der Waals surface area contributed by atoms with E-state index < -0.39 is 5.69 Å². The van der Waals surface area contributed by atoms with Crippen molar-refractivity contribution in [3.63, 3.8) is 0 Å². The van der Waals surface area contributed by atoms with Gasteiger partial charge in [-0.3, -0.25) is 14.2 Å². The number of amides is 1. The highest BCUT2D eigenvalue weighted by Crippen LogP contribution is 2.19. The van der Waals surface area contributed by atoms with Crippen LogP contribution in [0.15, 0.2) is 64.3 Å². The summed E-state index contributed by atoms with van der Waals surface area (Å²) in [5.41, 5.74) is 1.81. The molecule has 7 heteroatoms. The van der Waals surface area contributed by atoms with Crippen LogP contribution in [0.1, 0.15) is 18.9 Å². The summed E-state index contributed by atoms with van der Waals surface area (Å²) in [4.78, 5) is 43.0. The number of fused-ring (bicyclic) bond motifs is 2. The van der Waals surface area contributed by atoms with Gasteiger partial charge in [-0.1, -0.05) is 30.3 Å². The predicted molar refractivity (Wildman–Crippen MR) is 113 cm³/mol. The van der Waals surface area contributed by atoms with Crippen LogP contribution >= 0.6 is 0 Å². The summed E-state index contributed by atoms with van der Waals surface area (Å²) >= 11 is 0. The molecular weight excluding hydrogens is 368 g/mol. The number of rotatable bonds is 6. The van der Waals surface area contributed by atoms with Crippen LogP contribution in [0.3, 0.4) is 0 Å². The van der Waals surface area contributed by atoms with Crippen molar-refractivity contribution in [2.75, 3.05) is 0 Å². The maximum absolute atomic E-state index is 12.5. The number of nitrogens with zero attached hydrogens (tertiary/aromatic N) is 1. The molecule has 0 bridgehead atoms. The Bertz CT molecular complexity index is 1300. The van der Waals surface area contributed by atoms with Crippen LogP contribution in [0.5, 0.6) is 0 Å². The second kappa shape index (κ2) is 7.79. The van der Waals surface area contributed by atoms with Crippen molar-refractivity contribution in [1.29, 1.82) is 0 Å². The fourth-order valence-electron chi connectivity index (χ4n) is 3.64. The number of carbonyl (C=O) groups excluding carboxylic acids is 1. The molecule has 0 spiro atoms. The van der Waals surface area contributed by atoms with Gasteiger partial charge >= 0.3 is 5.69 Å². The van der Waals surface area contributed by atoms with Gasteiger partial charge in [-0.25, -0.2) is 4.79 Å². The first-order valence-corrected chi connectivity index (χ1v) is 9.59. The van der Waals surface area contributed by atoms with Gasteiger partial charge in [-0.05, 0) is 37.1 Å². The second-order valence-electron chi connectivity index (χ2n) is 7.21. The molecule has 29 heavy (non-hydrogen) atoms. The van der Waals surface area contributed by atoms with Crippen molar-refractivity contribution < 1.29 is 4.79 Å². The lowest BCUT2D eigenvalue weighted by atomic mass is 10.1. The molecule has 2 aromatic carbocycles. The molecule has 0 aliphatic heterocycles. The normalized spacial score (nSPS) is 12.3. The van der Waals surface area contributed by atoms with E-state index in [1.165, 1.54) is 0 Å². The first-order valence-electron chi connectivity index (χ1n) is 9.59. The van der Waals surface area contributed by atoms with Crippen LogP contribution in [0.2, 0.25) is 0 Å². The van der Waals surface area contributed by atoms with Gasteiger partial charge in [0.1, 0.15) is 0 Å². The minimum Gasteiger partial charge on any atom is -0.361 e. The average molecular weight is 390 g/mol. The molecule has 4 aromatic rings. The van der Waals surface area contributed by atoms with Gasteiger partial charge < -0.3 is 15.3 Å². The van der Waals surface area contributed by atoms with E-state index in [1.54, 1.807) is 24.3 Å². The predicted octanol–water partition coefficient (Wildman–Crippen LogP) is 2.31. The first-order chi connectivity index (χ1) is 14.0. The van der Waals surface area contributed by atoms with E-state index in [0.29, 0.717) is 17.3 Å². The lowest BCUT2D eigenvalue weighted by Crippen LogP contribution is -2.38. The fourth-order valence-corrected chi connectivity index (χ4v) is 3.64. The minimum atomic E-state index is -0.506. The Morgan fingerprint density at radius 3 is 2.52 bits per heavy atom. The Morgan fingerprint density at radius 2 is 1.72 bits per heavy atom. The van der Waals surface area contributed by atoms with Crippen molar-refractivity contribution in [2.45, 2.75) is 32.4 Å². The third-order valence-corrected chi connectivity index (χ3v) is 5.06. The van der Waals surface area contributed by atoms with Crippen molar-refractivity contribution in [2.24, 2.45) is 0 Å². The Balaban J connectivity index is 1.41. The molecule has 1 amide bonds. The summed E-state index contributed by atoms with van der Waals surface area (Å²) in [6.45, 7) is 1.97. The van der Waals surface area contributed by atoms with Gasteiger partial charge in [0.05, 0.1) is 10.9 Å². The van der Waals surface area contributed by atoms with Gasteiger partial charge in [0.25, 0.3) is 5.56 Å². The number of benzene rings is 2. The Morgan fingerprint density at radius 1 is 1.03 bits per heavy atom. The molecule has 0 radical (unpaired) electrons. The number of H-pyrrole nitrogens is 2. The zero-order chi connectivity index (χ0) is 20.4. The second-order valence-corrected chi connectivity index (χ2v) is 7.21. The number of aromatic nitrogens is 3. The first kappa shape index (κ1) is 18.7. The maximum Gasteiger partial charge on any atom is 0.328 e. The summed E-state index contributed by atoms with van der Waals surface area (Å²) in [5.74, 6) is -0.197. The Kier molecular flexibility index (Phi) is 5.03. The SMILES string of the molecule is C[C@H](Cc1c[nH]c2ccccc12)NC(=O)CCn1c(=O)[nH]c2ccccc2c1=O. The molecule has 0 aliphatic rings. The molecule has 2 heterocycles. The van der Waals surface area contributed by atoms with Crippen LogP contribution in [0.25, 0.3) is 21.8 Å². The molecule has 4 rings (SSSR count). The number of hydrogen-bond acceptors (Lipinski definition) is 3. The molecule has 2 aromatic heterocycles. The van der Waals surface area contributed by atoms with E-state index in [2.05, 4.69) is 15.3 Å². The van der Waals surface area contributed by atoms with Gasteiger partial charge in [0.2, 0.25) is 5.91 Å². The Labute approximate surface area is 166 Å². The number of carbonyl (C=O) groups is 1. The van der Waals surface area contributed by atoms with Crippen molar-refractivity contribution >= 4 is 27.7 Å². The quantitative estimate of drug-likeness (QED) is 0.471. The summed E-state index contributed by atoms with van der Waals surface area (Å²) in [5, 5.41) is 4.52. The van der Waals surface area contributed by atoms with Crippen LogP contribution in [-0.4, -0.2) is 26.5 Å². The van der Waals surface area contributed by atoms with Gasteiger partial charge in [0.15, 0.2) is 0 Å². The van der Waals surface area contributed by atoms with E-state index in [4.69, 9.17) is 0 Å². The number of hydrogen-bond donors (Lipinski definition) is 3. The van der Waals surface area contributed by atoms with Gasteiger partial charge in [-0.2, -0.15) is 0 Å². The lowest BCUT2D eigenvalue weighted by molar-refractivity contribution is -0.121. The van der Waals surface area contributed by atoms with Crippen LogP contribution in [0.4, 0.5) is 0 Å². The van der Waals surface area contributed by atoms with Gasteiger partial charge in [0, 0.05) is 36.1 Å². The largest absolute Gasteiger partial charge is 0.361 e. The molecule has 3 N–H and O–H groups in total. The molecular formula is C22H22N4O3. The molecule has 0 saturated carbocycles. The van der Waals surface area contributed by atoms with Crippen molar-refractivity contribution in [1.82, 2.24) is 19.9 Å². The maximum atomic E-state index is 12.5. The fraction of sp³-hybridized carbons (Fsp3) is 0.227. The zero-order valence-electron chi connectivity index (χ0n) is 16.1. The lowest BCUT2D eigenvalue weighted by Gasteiger charge is -2.14. The van der Waals surface area contributed by atoms with Crippen LogP contribution < -0.4 is 16.6 Å². The van der Waals surface area contributed by atoms with Gasteiger partial charge in [-0.15, -0.1) is 0 Å². The number of nitrogens with one attached hydrogen (secondary N) is 3. The van der Waals surface area contributed by atoms with E-state index in [0.717, 1.165) is 21.0 Å². The number of aromatic amines is 2. The van der Waals surface area contributed by atoms with Crippen molar-refractivity contribution in [3.8, 4) is 0 Å². The topological polar surface area (TPSA) is 99.8 Å². The molecule has 0 fully saturated rings. The standard InChI is InChI=1S/C22H22N4O3/c1-14(12-15-13-23-18-8-4-2-6-16(15)18)24-20(27)10-11-26-21(28)17-7-3-5-9-19(17)25-22(26)29/h2-9,13-14,23H,10-12H2,1H3,(H,24,27)(H,25,29)/t14-/m1/s1. The Hall–Kier alpha value is -3.61.